The Hall–Kier alpha value is -3.71. The first-order chi connectivity index (χ1) is 20.9. The van der Waals surface area contributed by atoms with Crippen molar-refractivity contribution >= 4 is 11.0 Å². The van der Waals surface area contributed by atoms with E-state index in [1.54, 1.807) is 0 Å². The van der Waals surface area contributed by atoms with Crippen molar-refractivity contribution in [2.75, 3.05) is 13.7 Å². The Kier molecular flexibility index (Phi) is 8.90. The summed E-state index contributed by atoms with van der Waals surface area (Å²) in [4.78, 5) is 13.8. The summed E-state index contributed by atoms with van der Waals surface area (Å²) < 4.78 is 33.3. The number of fused-ring (bicyclic) bond motifs is 1. The number of benzene rings is 2. The lowest BCUT2D eigenvalue weighted by Gasteiger charge is -2.39. The Morgan fingerprint density at radius 1 is 0.795 bits per heavy atom. The molecule has 9 N–H and O–H groups in total. The molecule has 2 saturated heterocycles. The van der Waals surface area contributed by atoms with Gasteiger partial charge in [0, 0.05) is 17.7 Å². The minimum absolute atomic E-state index is 0.0140. The average Bonchev–Trinajstić information content (AvgIpc) is 3.00. The van der Waals surface area contributed by atoms with Gasteiger partial charge in [-0.1, -0.05) is 0 Å². The first-order valence-electron chi connectivity index (χ1n) is 13.4. The number of hydrogen-bond donors (Lipinski definition) is 9. The van der Waals surface area contributed by atoms with Crippen LogP contribution in [0.3, 0.4) is 0 Å². The van der Waals surface area contributed by atoms with Crippen LogP contribution in [-0.4, -0.2) is 121 Å². The minimum atomic E-state index is -1.80. The van der Waals surface area contributed by atoms with Crippen LogP contribution in [0.15, 0.2) is 39.5 Å². The van der Waals surface area contributed by atoms with Gasteiger partial charge in [0.1, 0.15) is 65.2 Å². The molecule has 2 fully saturated rings. The van der Waals surface area contributed by atoms with E-state index in [-0.39, 0.29) is 34.2 Å². The number of hydrogen-bond acceptors (Lipinski definition) is 16. The van der Waals surface area contributed by atoms with Crippen LogP contribution in [0.5, 0.6) is 28.7 Å². The Labute approximate surface area is 248 Å². The van der Waals surface area contributed by atoms with Gasteiger partial charge in [-0.3, -0.25) is 4.79 Å². The van der Waals surface area contributed by atoms with Crippen LogP contribution in [0, 0.1) is 0 Å². The molecule has 10 atom stereocenters. The molecular weight excluding hydrogens is 592 g/mol. The maximum atomic E-state index is 13.8. The lowest BCUT2D eigenvalue weighted by molar-refractivity contribution is -0.277. The number of aromatic hydroxyl groups is 2. The molecule has 0 bridgehead atoms. The normalized spacial score (nSPS) is 32.4. The summed E-state index contributed by atoms with van der Waals surface area (Å²) in [7, 11) is 1.29. The first kappa shape index (κ1) is 31.7. The highest BCUT2D eigenvalue weighted by atomic mass is 16.7. The molecule has 3 aromatic rings. The summed E-state index contributed by atoms with van der Waals surface area (Å²) in [5, 5.41) is 91.3. The molecule has 0 amide bonds. The van der Waals surface area contributed by atoms with Crippen molar-refractivity contribution in [3.8, 4) is 40.1 Å². The number of rotatable bonds is 7. The molecule has 2 aromatic carbocycles. The van der Waals surface area contributed by atoms with Gasteiger partial charge in [0.05, 0.1) is 19.8 Å². The van der Waals surface area contributed by atoms with Gasteiger partial charge in [-0.05, 0) is 25.1 Å². The zero-order chi connectivity index (χ0) is 32.0. The van der Waals surface area contributed by atoms with E-state index in [2.05, 4.69) is 0 Å². The van der Waals surface area contributed by atoms with E-state index >= 15 is 0 Å². The number of aliphatic hydroxyl groups excluding tert-OH is 7. The standard InChI is InChI=1S/C28H32O16/c1-9-18(32)21(35)23(37)27(40-9)44-26-20(34)17-13(31)6-11(41-28-24(38)22(36)19(33)16(8-29)43-28)7-15(17)42-25(26)10-3-4-12(30)14(5-10)39-2/h3-7,9,16,18-19,21-24,27-33,35-38H,8H2,1-2H3/t9?,16?,18-,19+,21?,22-,23-,24?,27-,28+/m0/s1. The molecular formula is C28H32O16. The van der Waals surface area contributed by atoms with E-state index in [9.17, 15) is 50.8 Å². The Morgan fingerprint density at radius 2 is 1.45 bits per heavy atom. The number of ether oxygens (including phenoxy) is 5. The van der Waals surface area contributed by atoms with Crippen LogP contribution in [0.1, 0.15) is 6.92 Å². The van der Waals surface area contributed by atoms with Gasteiger partial charge in [-0.2, -0.15) is 0 Å². The molecule has 2 aliphatic rings. The van der Waals surface area contributed by atoms with Crippen LogP contribution < -0.4 is 19.6 Å². The predicted molar refractivity (Wildman–Crippen MR) is 145 cm³/mol. The SMILES string of the molecule is COc1cc(-c2oc3cc(O[C@@H]4OC(CO)[C@@H](O)[C@H](O)C4O)cc(O)c3c(=O)c2O[C@@H]2OC(C)[C@H](O)C(O)[C@@H]2O)ccc1O. The minimum Gasteiger partial charge on any atom is -0.507 e. The third-order valence-electron chi connectivity index (χ3n) is 7.49. The van der Waals surface area contributed by atoms with E-state index in [1.807, 2.05) is 0 Å². The molecule has 0 aliphatic carbocycles. The van der Waals surface area contributed by atoms with E-state index in [0.717, 1.165) is 12.1 Å². The molecule has 0 spiro atoms. The van der Waals surface area contributed by atoms with Crippen molar-refractivity contribution in [2.45, 2.75) is 68.3 Å². The number of phenolic OH excluding ortho intramolecular Hbond substituents is 2. The van der Waals surface area contributed by atoms with Gasteiger partial charge >= 0.3 is 0 Å². The quantitative estimate of drug-likeness (QED) is 0.141. The topological polar surface area (TPSA) is 258 Å². The summed E-state index contributed by atoms with van der Waals surface area (Å²) in [6, 6.07) is 6.02. The van der Waals surface area contributed by atoms with Gasteiger partial charge in [-0.25, -0.2) is 0 Å². The predicted octanol–water partition coefficient (Wildman–Crippen LogP) is -1.74. The monoisotopic (exact) mass is 624 g/mol. The van der Waals surface area contributed by atoms with Gasteiger partial charge < -0.3 is 74.1 Å². The molecule has 5 rings (SSSR count). The van der Waals surface area contributed by atoms with Crippen molar-refractivity contribution in [3.63, 3.8) is 0 Å². The summed E-state index contributed by atoms with van der Waals surface area (Å²) in [5.74, 6) is -2.05. The van der Waals surface area contributed by atoms with Crippen molar-refractivity contribution < 1.29 is 74.1 Å². The maximum absolute atomic E-state index is 13.8. The van der Waals surface area contributed by atoms with Gasteiger partial charge in [-0.15, -0.1) is 0 Å². The second kappa shape index (κ2) is 12.4. The van der Waals surface area contributed by atoms with E-state index in [4.69, 9.17) is 28.1 Å². The zero-order valence-corrected chi connectivity index (χ0v) is 23.3. The fraction of sp³-hybridized carbons (Fsp3) is 0.464. The fourth-order valence-electron chi connectivity index (χ4n) is 4.97. The summed E-state index contributed by atoms with van der Waals surface area (Å²) in [5.41, 5.74) is -1.13. The summed E-state index contributed by atoms with van der Waals surface area (Å²) in [6.07, 6.45) is -15.7. The van der Waals surface area contributed by atoms with Gasteiger partial charge in [0.2, 0.25) is 23.8 Å². The molecule has 3 heterocycles. The van der Waals surface area contributed by atoms with Crippen molar-refractivity contribution in [3.05, 3.63) is 40.6 Å². The zero-order valence-electron chi connectivity index (χ0n) is 23.3. The van der Waals surface area contributed by atoms with Crippen molar-refractivity contribution in [1.82, 2.24) is 0 Å². The highest BCUT2D eigenvalue weighted by Crippen LogP contribution is 2.40. The maximum Gasteiger partial charge on any atom is 0.239 e. The molecule has 240 valence electrons. The van der Waals surface area contributed by atoms with Crippen LogP contribution >= 0.6 is 0 Å². The lowest BCUT2D eigenvalue weighted by Crippen LogP contribution is -2.60. The van der Waals surface area contributed by atoms with E-state index in [0.29, 0.717) is 0 Å². The average molecular weight is 625 g/mol. The Bertz CT molecular complexity index is 1550. The molecule has 16 heteroatoms. The largest absolute Gasteiger partial charge is 0.507 e. The van der Waals surface area contributed by atoms with Crippen LogP contribution in [0.4, 0.5) is 0 Å². The van der Waals surface area contributed by atoms with E-state index < -0.39 is 90.3 Å². The fourth-order valence-corrected chi connectivity index (χ4v) is 4.97. The molecule has 1 aromatic heterocycles. The summed E-state index contributed by atoms with van der Waals surface area (Å²) >= 11 is 0. The smallest absolute Gasteiger partial charge is 0.239 e. The van der Waals surface area contributed by atoms with Crippen molar-refractivity contribution in [1.29, 1.82) is 0 Å². The third-order valence-corrected chi connectivity index (χ3v) is 7.49. The summed E-state index contributed by atoms with van der Waals surface area (Å²) in [6.45, 7) is 0.701. The highest BCUT2D eigenvalue weighted by molar-refractivity contribution is 5.88. The highest BCUT2D eigenvalue weighted by Gasteiger charge is 2.45. The first-order valence-corrected chi connectivity index (χ1v) is 13.4. The molecule has 0 saturated carbocycles. The molecule has 4 unspecified atom stereocenters. The molecule has 44 heavy (non-hydrogen) atoms. The second-order valence-electron chi connectivity index (χ2n) is 10.4. The second-order valence-corrected chi connectivity index (χ2v) is 10.4. The van der Waals surface area contributed by atoms with Crippen molar-refractivity contribution in [2.24, 2.45) is 0 Å². The van der Waals surface area contributed by atoms with Gasteiger partial charge in [0.15, 0.2) is 17.3 Å². The number of aliphatic hydroxyl groups is 7. The number of phenols is 2. The Balaban J connectivity index is 1.61. The molecule has 2 aliphatic heterocycles. The van der Waals surface area contributed by atoms with E-state index in [1.165, 1.54) is 32.2 Å². The Morgan fingerprint density at radius 3 is 2.11 bits per heavy atom. The van der Waals surface area contributed by atoms with Crippen LogP contribution in [0.25, 0.3) is 22.3 Å². The molecule has 0 radical (unpaired) electrons. The van der Waals surface area contributed by atoms with Crippen LogP contribution in [-0.2, 0) is 9.47 Å². The third kappa shape index (κ3) is 5.63. The van der Waals surface area contributed by atoms with Gasteiger partial charge in [0.25, 0.3) is 0 Å². The van der Waals surface area contributed by atoms with Crippen LogP contribution in [0.2, 0.25) is 0 Å². The number of methoxy groups -OCH3 is 1. The molecule has 16 nitrogen and oxygen atoms in total. The lowest BCUT2D eigenvalue weighted by atomic mass is 9.99.